The van der Waals surface area contributed by atoms with E-state index in [4.69, 9.17) is 9.47 Å². The van der Waals surface area contributed by atoms with Gasteiger partial charge in [0.05, 0.1) is 12.7 Å². The van der Waals surface area contributed by atoms with Crippen molar-refractivity contribution in [3.05, 3.63) is 35.6 Å². The Bertz CT molecular complexity index is 647. The lowest BCUT2D eigenvalue weighted by Crippen LogP contribution is -2.54. The molecule has 2 rings (SSSR count). The monoisotopic (exact) mass is 410 g/mol. The van der Waals surface area contributed by atoms with E-state index < -0.39 is 17.8 Å². The molecule has 1 heterocycles. The lowest BCUT2D eigenvalue weighted by Gasteiger charge is -2.38. The van der Waals surface area contributed by atoms with Gasteiger partial charge in [0.1, 0.15) is 11.4 Å². The fourth-order valence-corrected chi connectivity index (χ4v) is 3.65. The van der Waals surface area contributed by atoms with Crippen LogP contribution in [0.3, 0.4) is 0 Å². The first-order valence-corrected chi connectivity index (χ1v) is 10.3. The van der Waals surface area contributed by atoms with Crippen LogP contribution in [0.4, 0.5) is 9.18 Å². The molecular formula is C22H35FN2O4. The van der Waals surface area contributed by atoms with Crippen molar-refractivity contribution in [2.24, 2.45) is 5.92 Å². The highest BCUT2D eigenvalue weighted by Crippen LogP contribution is 2.23. The number of carbonyl (C=O) groups excluding carboxylic acids is 1. The zero-order valence-electron chi connectivity index (χ0n) is 18.1. The number of hydrogen-bond acceptors (Lipinski definition) is 5. The second kappa shape index (κ2) is 10.4. The van der Waals surface area contributed by atoms with Crippen molar-refractivity contribution < 1.29 is 23.8 Å². The topological polar surface area (TPSA) is 79.8 Å². The van der Waals surface area contributed by atoms with Gasteiger partial charge in [-0.2, -0.15) is 0 Å². The highest BCUT2D eigenvalue weighted by molar-refractivity contribution is 5.68. The Labute approximate surface area is 173 Å². The summed E-state index contributed by atoms with van der Waals surface area (Å²) in [5, 5.41) is 16.9. The van der Waals surface area contributed by atoms with Crippen LogP contribution in [-0.2, 0) is 9.47 Å². The third kappa shape index (κ3) is 7.91. The minimum Gasteiger partial charge on any atom is -0.444 e. The van der Waals surface area contributed by atoms with E-state index in [-0.39, 0.29) is 29.9 Å². The lowest BCUT2D eigenvalue weighted by atomic mass is 9.88. The van der Waals surface area contributed by atoms with Gasteiger partial charge in [-0.15, -0.1) is 0 Å². The van der Waals surface area contributed by atoms with Crippen LogP contribution in [0.15, 0.2) is 24.3 Å². The van der Waals surface area contributed by atoms with Gasteiger partial charge >= 0.3 is 6.09 Å². The summed E-state index contributed by atoms with van der Waals surface area (Å²) in [4.78, 5) is 12.1. The minimum atomic E-state index is -0.672. The van der Waals surface area contributed by atoms with E-state index in [9.17, 15) is 14.3 Å². The van der Waals surface area contributed by atoms with Crippen LogP contribution in [0, 0.1) is 11.7 Å². The minimum absolute atomic E-state index is 0.0365. The molecule has 1 aromatic carbocycles. The molecule has 1 aliphatic heterocycles. The molecule has 0 unspecified atom stereocenters. The number of rotatable bonds is 7. The van der Waals surface area contributed by atoms with Crippen LogP contribution in [-0.4, -0.2) is 48.1 Å². The highest BCUT2D eigenvalue weighted by atomic mass is 19.1. The van der Waals surface area contributed by atoms with Crippen LogP contribution in [0.5, 0.6) is 0 Å². The summed E-state index contributed by atoms with van der Waals surface area (Å²) >= 11 is 0. The molecule has 1 aromatic rings. The molecule has 1 fully saturated rings. The van der Waals surface area contributed by atoms with Crippen molar-refractivity contribution in [2.75, 3.05) is 13.2 Å². The number of benzene rings is 1. The van der Waals surface area contributed by atoms with Gasteiger partial charge in [0.15, 0.2) is 0 Å². The van der Waals surface area contributed by atoms with Gasteiger partial charge in [0.2, 0.25) is 0 Å². The third-order valence-corrected chi connectivity index (χ3v) is 5.12. The van der Waals surface area contributed by atoms with Crippen molar-refractivity contribution in [3.63, 3.8) is 0 Å². The summed E-state index contributed by atoms with van der Waals surface area (Å²) in [6.07, 6.45) is 0.216. The van der Waals surface area contributed by atoms with Crippen LogP contribution >= 0.6 is 0 Å². The van der Waals surface area contributed by atoms with Crippen molar-refractivity contribution in [3.8, 4) is 0 Å². The molecule has 0 radical (unpaired) electrons. The molecule has 0 saturated carbocycles. The standard InChI is InChI=1S/C22H35FN2O4/c1-14(12-20(26)16-6-8-17(23)9-7-16)24-19-10-11-28-13-18(19)15(2)25-21(27)29-22(3,4)5/h6-9,14-15,18-20,24,26H,10-13H2,1-5H3,(H,25,27)/t14-,15-,18-,19-,20+/m1/s1. The number of aliphatic hydroxyl groups is 1. The number of halogens is 1. The summed E-state index contributed by atoms with van der Waals surface area (Å²) < 4.78 is 24.1. The summed E-state index contributed by atoms with van der Waals surface area (Å²) in [6, 6.07) is 5.98. The molecule has 1 saturated heterocycles. The largest absolute Gasteiger partial charge is 0.444 e. The number of alkyl carbamates (subject to hydrolysis) is 1. The number of nitrogens with one attached hydrogen (secondary N) is 2. The molecule has 164 valence electrons. The van der Waals surface area contributed by atoms with E-state index in [0.29, 0.717) is 25.2 Å². The summed E-state index contributed by atoms with van der Waals surface area (Å²) in [5.74, 6) is -0.231. The van der Waals surface area contributed by atoms with Gasteiger partial charge in [-0.25, -0.2) is 9.18 Å². The Hall–Kier alpha value is -1.70. The summed E-state index contributed by atoms with van der Waals surface area (Å²) in [6.45, 7) is 10.7. The van der Waals surface area contributed by atoms with Crippen LogP contribution < -0.4 is 10.6 Å². The Kier molecular flexibility index (Phi) is 8.43. The van der Waals surface area contributed by atoms with Gasteiger partial charge in [-0.1, -0.05) is 12.1 Å². The van der Waals surface area contributed by atoms with Gasteiger partial charge in [0.25, 0.3) is 0 Å². The van der Waals surface area contributed by atoms with Gasteiger partial charge in [-0.05, 0) is 65.2 Å². The Morgan fingerprint density at radius 3 is 2.59 bits per heavy atom. The highest BCUT2D eigenvalue weighted by Gasteiger charge is 2.33. The number of carbonyl (C=O) groups is 1. The van der Waals surface area contributed by atoms with E-state index in [0.717, 1.165) is 6.42 Å². The molecule has 1 amide bonds. The van der Waals surface area contributed by atoms with Crippen molar-refractivity contribution >= 4 is 6.09 Å². The molecule has 0 spiro atoms. The number of amides is 1. The number of aliphatic hydroxyl groups excluding tert-OH is 1. The van der Waals surface area contributed by atoms with Gasteiger partial charge in [-0.3, -0.25) is 0 Å². The lowest BCUT2D eigenvalue weighted by molar-refractivity contribution is 0.00900. The van der Waals surface area contributed by atoms with Crippen molar-refractivity contribution in [1.29, 1.82) is 0 Å². The Morgan fingerprint density at radius 2 is 1.97 bits per heavy atom. The SMILES string of the molecule is C[C@H](C[C@H](O)c1ccc(F)cc1)N[C@@H]1CCOC[C@@H]1[C@@H](C)NC(=O)OC(C)(C)C. The van der Waals surface area contributed by atoms with Crippen LogP contribution in [0.25, 0.3) is 0 Å². The normalized spacial score (nSPS) is 23.1. The molecule has 6 nitrogen and oxygen atoms in total. The van der Waals surface area contributed by atoms with Crippen LogP contribution in [0.1, 0.15) is 59.1 Å². The van der Waals surface area contributed by atoms with E-state index in [1.54, 1.807) is 12.1 Å². The van der Waals surface area contributed by atoms with E-state index >= 15 is 0 Å². The molecular weight excluding hydrogens is 375 g/mol. The first kappa shape index (κ1) is 23.6. The van der Waals surface area contributed by atoms with Gasteiger partial charge < -0.3 is 25.2 Å². The molecule has 29 heavy (non-hydrogen) atoms. The van der Waals surface area contributed by atoms with Crippen LogP contribution in [0.2, 0.25) is 0 Å². The molecule has 7 heteroatoms. The molecule has 0 aliphatic carbocycles. The smallest absolute Gasteiger partial charge is 0.407 e. The zero-order chi connectivity index (χ0) is 21.6. The third-order valence-electron chi connectivity index (χ3n) is 5.12. The Morgan fingerprint density at radius 1 is 1.31 bits per heavy atom. The van der Waals surface area contributed by atoms with E-state index in [2.05, 4.69) is 10.6 Å². The molecule has 3 N–H and O–H groups in total. The predicted octanol–water partition coefficient (Wildman–Crippen LogP) is 3.55. The zero-order valence-corrected chi connectivity index (χ0v) is 18.1. The average Bonchev–Trinajstić information content (AvgIpc) is 2.60. The number of hydrogen-bond donors (Lipinski definition) is 3. The van der Waals surface area contributed by atoms with Crippen molar-refractivity contribution in [1.82, 2.24) is 10.6 Å². The average molecular weight is 411 g/mol. The van der Waals surface area contributed by atoms with Crippen molar-refractivity contribution in [2.45, 2.75) is 77.3 Å². The first-order valence-electron chi connectivity index (χ1n) is 10.3. The second-order valence-electron chi connectivity index (χ2n) is 8.94. The Balaban J connectivity index is 1.90. The number of ether oxygens (including phenoxy) is 2. The fraction of sp³-hybridized carbons (Fsp3) is 0.682. The maximum Gasteiger partial charge on any atom is 0.407 e. The molecule has 5 atom stereocenters. The predicted molar refractivity (Wildman–Crippen MR) is 110 cm³/mol. The quantitative estimate of drug-likeness (QED) is 0.641. The molecule has 0 bridgehead atoms. The van der Waals surface area contributed by atoms with E-state index in [1.807, 2.05) is 34.6 Å². The van der Waals surface area contributed by atoms with Gasteiger partial charge in [0, 0.05) is 30.7 Å². The maximum absolute atomic E-state index is 13.1. The molecule has 0 aromatic heterocycles. The first-order chi connectivity index (χ1) is 13.5. The maximum atomic E-state index is 13.1. The van der Waals surface area contributed by atoms with E-state index in [1.165, 1.54) is 12.1 Å². The second-order valence-corrected chi connectivity index (χ2v) is 8.94. The fourth-order valence-electron chi connectivity index (χ4n) is 3.65. The molecule has 1 aliphatic rings. The summed E-state index contributed by atoms with van der Waals surface area (Å²) in [7, 11) is 0. The summed E-state index contributed by atoms with van der Waals surface area (Å²) in [5.41, 5.74) is 0.152.